The van der Waals surface area contributed by atoms with Gasteiger partial charge >= 0.3 is 6.18 Å². The number of amides is 1. The van der Waals surface area contributed by atoms with Crippen LogP contribution < -0.4 is 9.64 Å². The van der Waals surface area contributed by atoms with E-state index in [1.165, 1.54) is 25.1 Å². The number of benzene rings is 2. The van der Waals surface area contributed by atoms with Crippen LogP contribution in [0.1, 0.15) is 21.7 Å². The van der Waals surface area contributed by atoms with Crippen LogP contribution in [0, 0.1) is 6.92 Å². The van der Waals surface area contributed by atoms with Gasteiger partial charge in [0.25, 0.3) is 5.91 Å². The summed E-state index contributed by atoms with van der Waals surface area (Å²) in [6.07, 6.45) is -4.58. The van der Waals surface area contributed by atoms with E-state index in [4.69, 9.17) is 9.26 Å². The zero-order valence-electron chi connectivity index (χ0n) is 17.6. The number of aromatic nitrogens is 1. The molecule has 1 fully saturated rings. The summed E-state index contributed by atoms with van der Waals surface area (Å²) in [5.41, 5.74) is -0.126. The molecule has 0 unspecified atom stereocenters. The highest BCUT2D eigenvalue weighted by atomic mass is 19.4. The Morgan fingerprint density at radius 2 is 1.69 bits per heavy atom. The maximum Gasteiger partial charge on any atom is 0.417 e. The van der Waals surface area contributed by atoms with Crippen molar-refractivity contribution in [1.82, 2.24) is 10.1 Å². The Kier molecular flexibility index (Phi) is 5.82. The van der Waals surface area contributed by atoms with Crippen molar-refractivity contribution >= 4 is 11.6 Å². The monoisotopic (exact) mass is 445 g/mol. The summed E-state index contributed by atoms with van der Waals surface area (Å²) in [5.74, 6) is 0.540. The number of carbonyl (C=O) groups excluding carboxylic acids is 1. The molecule has 0 radical (unpaired) electrons. The van der Waals surface area contributed by atoms with E-state index in [9.17, 15) is 18.0 Å². The number of rotatable bonds is 4. The van der Waals surface area contributed by atoms with Crippen LogP contribution in [0.5, 0.6) is 5.75 Å². The van der Waals surface area contributed by atoms with Crippen LogP contribution in [-0.2, 0) is 6.18 Å². The molecule has 0 N–H and O–H groups in total. The van der Waals surface area contributed by atoms with Gasteiger partial charge in [0.05, 0.1) is 18.4 Å². The number of piperazine rings is 1. The molecule has 32 heavy (non-hydrogen) atoms. The Labute approximate surface area is 183 Å². The van der Waals surface area contributed by atoms with Gasteiger partial charge in [0, 0.05) is 31.7 Å². The predicted octanol–water partition coefficient (Wildman–Crippen LogP) is 4.64. The molecule has 9 heteroatoms. The lowest BCUT2D eigenvalue weighted by Gasteiger charge is -2.36. The largest absolute Gasteiger partial charge is 0.495 e. The van der Waals surface area contributed by atoms with Gasteiger partial charge in [-0.15, -0.1) is 0 Å². The number of carbonyl (C=O) groups is 1. The first-order valence-corrected chi connectivity index (χ1v) is 10.1. The third-order valence-electron chi connectivity index (χ3n) is 5.56. The molecular formula is C23H22F3N3O3. The molecular weight excluding hydrogens is 423 g/mol. The smallest absolute Gasteiger partial charge is 0.417 e. The van der Waals surface area contributed by atoms with E-state index in [1.54, 1.807) is 12.0 Å². The standard InChI is InChI=1S/C23H22F3N3O3/c1-15-20(21(27-32-15)16-7-3-4-8-17(16)23(24,25)26)22(30)29-13-11-28(12-14-29)18-9-5-6-10-19(18)31-2/h3-10H,11-14H2,1-2H3. The lowest BCUT2D eigenvalue weighted by atomic mass is 9.99. The lowest BCUT2D eigenvalue weighted by Crippen LogP contribution is -2.49. The van der Waals surface area contributed by atoms with Crippen molar-refractivity contribution in [3.63, 3.8) is 0 Å². The summed E-state index contributed by atoms with van der Waals surface area (Å²) in [5, 5.41) is 3.81. The molecule has 2 heterocycles. The SMILES string of the molecule is COc1ccccc1N1CCN(C(=O)c2c(-c3ccccc3C(F)(F)F)noc2C)CC1. The number of para-hydroxylation sites is 2. The molecule has 168 valence electrons. The fraction of sp³-hybridized carbons (Fsp3) is 0.304. The first-order chi connectivity index (χ1) is 15.3. The zero-order valence-corrected chi connectivity index (χ0v) is 17.6. The van der Waals surface area contributed by atoms with E-state index in [0.29, 0.717) is 26.2 Å². The second-order valence-corrected chi connectivity index (χ2v) is 7.46. The number of alkyl halides is 3. The summed E-state index contributed by atoms with van der Waals surface area (Å²) < 4.78 is 51.1. The molecule has 0 spiro atoms. The second-order valence-electron chi connectivity index (χ2n) is 7.46. The van der Waals surface area contributed by atoms with Crippen LogP contribution in [-0.4, -0.2) is 49.3 Å². The lowest BCUT2D eigenvalue weighted by molar-refractivity contribution is -0.137. The molecule has 6 nitrogen and oxygen atoms in total. The van der Waals surface area contributed by atoms with Crippen molar-refractivity contribution in [2.24, 2.45) is 0 Å². The van der Waals surface area contributed by atoms with Crippen molar-refractivity contribution < 1.29 is 27.2 Å². The van der Waals surface area contributed by atoms with E-state index >= 15 is 0 Å². The predicted molar refractivity (Wildman–Crippen MR) is 113 cm³/mol. The molecule has 0 atom stereocenters. The highest BCUT2D eigenvalue weighted by molar-refractivity contribution is 6.01. The summed E-state index contributed by atoms with van der Waals surface area (Å²) in [4.78, 5) is 17.0. The van der Waals surface area contributed by atoms with Crippen LogP contribution >= 0.6 is 0 Å². The van der Waals surface area contributed by atoms with Gasteiger partial charge in [-0.1, -0.05) is 35.5 Å². The Bertz CT molecular complexity index is 1120. The minimum atomic E-state index is -4.58. The summed E-state index contributed by atoms with van der Waals surface area (Å²) >= 11 is 0. The van der Waals surface area contributed by atoms with E-state index in [2.05, 4.69) is 10.1 Å². The topological polar surface area (TPSA) is 58.8 Å². The maximum absolute atomic E-state index is 13.5. The van der Waals surface area contributed by atoms with Crippen LogP contribution in [0.4, 0.5) is 18.9 Å². The Hall–Kier alpha value is -3.49. The highest BCUT2D eigenvalue weighted by Gasteiger charge is 2.36. The van der Waals surface area contributed by atoms with Gasteiger partial charge in [0.15, 0.2) is 0 Å². The zero-order chi connectivity index (χ0) is 22.9. The minimum absolute atomic E-state index is 0.0624. The number of hydrogen-bond acceptors (Lipinski definition) is 5. The van der Waals surface area contributed by atoms with Gasteiger partial charge in [-0.3, -0.25) is 4.79 Å². The quantitative estimate of drug-likeness (QED) is 0.586. The number of aryl methyl sites for hydroxylation is 1. The molecule has 0 aliphatic carbocycles. The van der Waals surface area contributed by atoms with Crippen molar-refractivity contribution in [2.75, 3.05) is 38.2 Å². The number of hydrogen-bond donors (Lipinski definition) is 0. The van der Waals surface area contributed by atoms with Crippen molar-refractivity contribution in [2.45, 2.75) is 13.1 Å². The van der Waals surface area contributed by atoms with Gasteiger partial charge in [-0.05, 0) is 25.1 Å². The average molecular weight is 445 g/mol. The normalized spacial score (nSPS) is 14.5. The molecule has 1 amide bonds. The van der Waals surface area contributed by atoms with E-state index in [1.807, 2.05) is 24.3 Å². The van der Waals surface area contributed by atoms with Crippen molar-refractivity contribution in [3.05, 3.63) is 65.4 Å². The number of nitrogens with zero attached hydrogens (tertiary/aromatic N) is 3. The summed E-state index contributed by atoms with van der Waals surface area (Å²) in [6, 6.07) is 12.7. The minimum Gasteiger partial charge on any atom is -0.495 e. The van der Waals surface area contributed by atoms with Gasteiger partial charge in [0.2, 0.25) is 0 Å². The van der Waals surface area contributed by atoms with Crippen LogP contribution in [0.25, 0.3) is 11.3 Å². The Morgan fingerprint density at radius 1 is 1.03 bits per heavy atom. The number of ether oxygens (including phenoxy) is 1. The molecule has 1 aromatic heterocycles. The molecule has 1 saturated heterocycles. The third kappa shape index (κ3) is 4.02. The molecule has 2 aromatic carbocycles. The molecule has 0 saturated carbocycles. The number of anilines is 1. The number of methoxy groups -OCH3 is 1. The van der Waals surface area contributed by atoms with Gasteiger partial charge in [0.1, 0.15) is 22.8 Å². The first-order valence-electron chi connectivity index (χ1n) is 10.1. The van der Waals surface area contributed by atoms with Crippen LogP contribution in [0.15, 0.2) is 53.1 Å². The van der Waals surface area contributed by atoms with Crippen molar-refractivity contribution in [1.29, 1.82) is 0 Å². The first kappa shape index (κ1) is 21.7. The van der Waals surface area contributed by atoms with Gasteiger partial charge in [-0.25, -0.2) is 0 Å². The molecule has 4 rings (SSSR count). The van der Waals surface area contributed by atoms with E-state index < -0.39 is 17.6 Å². The highest BCUT2D eigenvalue weighted by Crippen LogP contribution is 2.38. The Balaban J connectivity index is 1.58. The second kappa shape index (κ2) is 8.57. The third-order valence-corrected chi connectivity index (χ3v) is 5.56. The van der Waals surface area contributed by atoms with Gasteiger partial charge < -0.3 is 19.1 Å². The molecule has 3 aromatic rings. The fourth-order valence-corrected chi connectivity index (χ4v) is 3.94. The van der Waals surface area contributed by atoms with Crippen LogP contribution in [0.3, 0.4) is 0 Å². The number of halogens is 3. The molecule has 0 bridgehead atoms. The maximum atomic E-state index is 13.5. The Morgan fingerprint density at radius 3 is 2.38 bits per heavy atom. The summed E-state index contributed by atoms with van der Waals surface area (Å²) in [6.45, 7) is 3.46. The van der Waals surface area contributed by atoms with Gasteiger partial charge in [-0.2, -0.15) is 13.2 Å². The summed E-state index contributed by atoms with van der Waals surface area (Å²) in [7, 11) is 1.60. The fourth-order valence-electron chi connectivity index (χ4n) is 3.94. The van der Waals surface area contributed by atoms with E-state index in [-0.39, 0.29) is 22.6 Å². The molecule has 1 aliphatic rings. The molecule has 1 aliphatic heterocycles. The van der Waals surface area contributed by atoms with Crippen molar-refractivity contribution in [3.8, 4) is 17.0 Å². The van der Waals surface area contributed by atoms with Crippen LogP contribution in [0.2, 0.25) is 0 Å². The van der Waals surface area contributed by atoms with E-state index in [0.717, 1.165) is 17.5 Å². The average Bonchev–Trinajstić information content (AvgIpc) is 3.19.